The second-order valence-corrected chi connectivity index (χ2v) is 5.97. The Balaban J connectivity index is 2.09. The van der Waals surface area contributed by atoms with Crippen LogP contribution in [0.1, 0.15) is 33.1 Å². The SMILES string of the molecule is CC1CCC(Nc2ncnc(NN)c2Br)C(C)C1. The van der Waals surface area contributed by atoms with E-state index >= 15 is 0 Å². The van der Waals surface area contributed by atoms with Gasteiger partial charge in [-0.15, -0.1) is 0 Å². The molecule has 1 fully saturated rings. The molecular weight excluding hydrogens is 294 g/mol. The standard InChI is InChI=1S/C12H20BrN5/c1-7-3-4-9(8(2)5-7)17-11-10(13)12(18-14)16-6-15-11/h6-9H,3-5,14H2,1-2H3,(H2,15,16,17,18). The molecule has 18 heavy (non-hydrogen) atoms. The number of rotatable bonds is 3. The van der Waals surface area contributed by atoms with Crippen LogP contribution >= 0.6 is 15.9 Å². The fraction of sp³-hybridized carbons (Fsp3) is 0.667. The average Bonchev–Trinajstić information content (AvgIpc) is 2.35. The minimum absolute atomic E-state index is 0.470. The molecule has 0 spiro atoms. The van der Waals surface area contributed by atoms with Gasteiger partial charge >= 0.3 is 0 Å². The second kappa shape index (κ2) is 5.84. The summed E-state index contributed by atoms with van der Waals surface area (Å²) in [5.74, 6) is 8.30. The number of aromatic nitrogens is 2. The van der Waals surface area contributed by atoms with Crippen LogP contribution in [-0.4, -0.2) is 16.0 Å². The Morgan fingerprint density at radius 2 is 2.00 bits per heavy atom. The third-order valence-corrected chi connectivity index (χ3v) is 4.43. The molecule has 3 unspecified atom stereocenters. The predicted molar refractivity (Wildman–Crippen MR) is 77.1 cm³/mol. The van der Waals surface area contributed by atoms with Crippen molar-refractivity contribution >= 4 is 27.6 Å². The Morgan fingerprint density at radius 3 is 2.67 bits per heavy atom. The number of nitrogens with zero attached hydrogens (tertiary/aromatic N) is 2. The minimum atomic E-state index is 0.470. The van der Waals surface area contributed by atoms with Crippen LogP contribution in [-0.2, 0) is 0 Å². The predicted octanol–water partition coefficient (Wildman–Crippen LogP) is 2.76. The molecule has 5 nitrogen and oxygen atoms in total. The highest BCUT2D eigenvalue weighted by Crippen LogP contribution is 2.33. The number of nitrogens with one attached hydrogen (secondary N) is 2. The molecule has 0 aromatic carbocycles. The Kier molecular flexibility index (Phi) is 4.40. The summed E-state index contributed by atoms with van der Waals surface area (Å²) in [6.45, 7) is 4.62. The molecule has 1 aromatic heterocycles. The zero-order chi connectivity index (χ0) is 13.1. The minimum Gasteiger partial charge on any atom is -0.366 e. The number of halogens is 1. The molecule has 0 amide bonds. The summed E-state index contributed by atoms with van der Waals surface area (Å²) in [5, 5.41) is 3.50. The van der Waals surface area contributed by atoms with Crippen molar-refractivity contribution in [1.29, 1.82) is 0 Å². The van der Waals surface area contributed by atoms with E-state index in [9.17, 15) is 0 Å². The third kappa shape index (κ3) is 2.92. The van der Waals surface area contributed by atoms with E-state index in [0.717, 1.165) is 16.2 Å². The highest BCUT2D eigenvalue weighted by atomic mass is 79.9. The molecule has 6 heteroatoms. The van der Waals surface area contributed by atoms with Crippen molar-refractivity contribution in [3.05, 3.63) is 10.8 Å². The van der Waals surface area contributed by atoms with E-state index in [1.807, 2.05) is 0 Å². The lowest BCUT2D eigenvalue weighted by atomic mass is 9.80. The number of hydrogen-bond donors (Lipinski definition) is 3. The monoisotopic (exact) mass is 313 g/mol. The number of hydrogen-bond acceptors (Lipinski definition) is 5. The van der Waals surface area contributed by atoms with Crippen molar-refractivity contribution < 1.29 is 0 Å². The first kappa shape index (κ1) is 13.5. The van der Waals surface area contributed by atoms with Gasteiger partial charge < -0.3 is 10.7 Å². The maximum atomic E-state index is 5.40. The van der Waals surface area contributed by atoms with Crippen molar-refractivity contribution in [3.8, 4) is 0 Å². The molecule has 0 radical (unpaired) electrons. The molecule has 3 atom stereocenters. The van der Waals surface area contributed by atoms with Crippen molar-refractivity contribution in [2.75, 3.05) is 10.7 Å². The fourth-order valence-corrected chi connectivity index (χ4v) is 3.06. The van der Waals surface area contributed by atoms with Crippen LogP contribution in [0, 0.1) is 11.8 Å². The lowest BCUT2D eigenvalue weighted by Crippen LogP contribution is -2.33. The van der Waals surface area contributed by atoms with Crippen molar-refractivity contribution in [3.63, 3.8) is 0 Å². The maximum Gasteiger partial charge on any atom is 0.159 e. The molecule has 1 aliphatic rings. The van der Waals surface area contributed by atoms with E-state index in [1.54, 1.807) is 0 Å². The molecule has 0 aliphatic heterocycles. The smallest absolute Gasteiger partial charge is 0.159 e. The Morgan fingerprint density at radius 1 is 1.28 bits per heavy atom. The molecular formula is C12H20BrN5. The normalized spacial score (nSPS) is 27.9. The molecule has 2 rings (SSSR count). The molecule has 4 N–H and O–H groups in total. The fourth-order valence-electron chi connectivity index (χ4n) is 2.63. The molecule has 1 heterocycles. The second-order valence-electron chi connectivity index (χ2n) is 5.18. The van der Waals surface area contributed by atoms with Gasteiger partial charge in [0.05, 0.1) is 0 Å². The highest BCUT2D eigenvalue weighted by Gasteiger charge is 2.26. The van der Waals surface area contributed by atoms with Gasteiger partial charge in [0.2, 0.25) is 0 Å². The molecule has 0 bridgehead atoms. The Hall–Kier alpha value is -0.880. The van der Waals surface area contributed by atoms with Crippen molar-refractivity contribution in [2.24, 2.45) is 17.7 Å². The van der Waals surface area contributed by atoms with Crippen molar-refractivity contribution in [1.82, 2.24) is 9.97 Å². The summed E-state index contributed by atoms with van der Waals surface area (Å²) in [6, 6.07) is 0.470. The zero-order valence-electron chi connectivity index (χ0n) is 10.8. The summed E-state index contributed by atoms with van der Waals surface area (Å²) < 4.78 is 0.790. The van der Waals surface area contributed by atoms with Crippen LogP contribution in [0.25, 0.3) is 0 Å². The largest absolute Gasteiger partial charge is 0.366 e. The van der Waals surface area contributed by atoms with Gasteiger partial charge in [-0.1, -0.05) is 13.8 Å². The van der Waals surface area contributed by atoms with Crippen LogP contribution in [0.2, 0.25) is 0 Å². The average molecular weight is 314 g/mol. The van der Waals surface area contributed by atoms with Crippen LogP contribution < -0.4 is 16.6 Å². The number of nitrogens with two attached hydrogens (primary N) is 1. The number of nitrogen functional groups attached to an aromatic ring is 1. The van der Waals surface area contributed by atoms with Gasteiger partial charge in [-0.2, -0.15) is 0 Å². The van der Waals surface area contributed by atoms with Crippen LogP contribution in [0.15, 0.2) is 10.8 Å². The lowest BCUT2D eigenvalue weighted by molar-refractivity contribution is 0.276. The van der Waals surface area contributed by atoms with Gasteiger partial charge in [0.1, 0.15) is 16.6 Å². The topological polar surface area (TPSA) is 75.9 Å². The van der Waals surface area contributed by atoms with Crippen molar-refractivity contribution in [2.45, 2.75) is 39.2 Å². The van der Waals surface area contributed by atoms with E-state index in [0.29, 0.717) is 17.8 Å². The first-order valence-corrected chi connectivity index (χ1v) is 7.14. The van der Waals surface area contributed by atoms with Crippen LogP contribution in [0.4, 0.5) is 11.6 Å². The lowest BCUT2D eigenvalue weighted by Gasteiger charge is -2.33. The van der Waals surface area contributed by atoms with Gasteiger partial charge in [0.25, 0.3) is 0 Å². The van der Waals surface area contributed by atoms with E-state index in [-0.39, 0.29) is 0 Å². The summed E-state index contributed by atoms with van der Waals surface area (Å²) in [6.07, 6.45) is 5.23. The van der Waals surface area contributed by atoms with Crippen LogP contribution in [0.3, 0.4) is 0 Å². The molecule has 1 saturated carbocycles. The molecule has 100 valence electrons. The number of anilines is 2. The Bertz CT molecular complexity index is 411. The van der Waals surface area contributed by atoms with Gasteiger partial charge in [-0.05, 0) is 47.0 Å². The van der Waals surface area contributed by atoms with E-state index in [4.69, 9.17) is 5.84 Å². The quantitative estimate of drug-likeness (QED) is 0.591. The van der Waals surface area contributed by atoms with Gasteiger partial charge in [-0.25, -0.2) is 15.8 Å². The summed E-state index contributed by atoms with van der Waals surface area (Å²) in [5.41, 5.74) is 2.55. The summed E-state index contributed by atoms with van der Waals surface area (Å²) in [7, 11) is 0. The summed E-state index contributed by atoms with van der Waals surface area (Å²) >= 11 is 3.47. The first-order valence-electron chi connectivity index (χ1n) is 6.35. The van der Waals surface area contributed by atoms with Gasteiger partial charge in [-0.3, -0.25) is 0 Å². The summed E-state index contributed by atoms with van der Waals surface area (Å²) in [4.78, 5) is 8.32. The Labute approximate surface area is 116 Å². The first-order chi connectivity index (χ1) is 8.61. The van der Waals surface area contributed by atoms with E-state index < -0.39 is 0 Å². The van der Waals surface area contributed by atoms with E-state index in [2.05, 4.69) is 50.5 Å². The maximum absolute atomic E-state index is 5.40. The highest BCUT2D eigenvalue weighted by molar-refractivity contribution is 9.10. The third-order valence-electron chi connectivity index (χ3n) is 3.68. The van der Waals surface area contributed by atoms with Crippen LogP contribution in [0.5, 0.6) is 0 Å². The molecule has 1 aromatic rings. The van der Waals surface area contributed by atoms with E-state index in [1.165, 1.54) is 25.6 Å². The zero-order valence-corrected chi connectivity index (χ0v) is 12.4. The molecule has 0 saturated heterocycles. The number of hydrazine groups is 1. The van der Waals surface area contributed by atoms with Gasteiger partial charge in [0.15, 0.2) is 5.82 Å². The molecule has 1 aliphatic carbocycles. The van der Waals surface area contributed by atoms with Gasteiger partial charge in [0, 0.05) is 6.04 Å².